The van der Waals surface area contributed by atoms with Crippen LogP contribution in [-0.2, 0) is 24.9 Å². The molecule has 0 aromatic heterocycles. The van der Waals surface area contributed by atoms with E-state index in [2.05, 4.69) is 75.1 Å². The Morgan fingerprint density at radius 2 is 0.423 bits per heavy atom. The van der Waals surface area contributed by atoms with Crippen LogP contribution in [0.1, 0.15) is 137 Å². The van der Waals surface area contributed by atoms with Gasteiger partial charge in [-0.1, -0.05) is 137 Å². The first-order chi connectivity index (χ1) is 12.1. The van der Waals surface area contributed by atoms with Crippen LogP contribution in [0.25, 0.3) is 0 Å². The predicted molar refractivity (Wildman–Crippen MR) is 143 cm³/mol. The molecule has 0 saturated heterocycles. The van der Waals surface area contributed by atoms with Crippen molar-refractivity contribution in [1.82, 2.24) is 0 Å². The maximum Gasteiger partial charge on any atom is 0.0409 e. The lowest BCUT2D eigenvalue weighted by atomic mass is 10.6. The molecule has 0 aromatic rings. The van der Waals surface area contributed by atoms with Gasteiger partial charge in [-0.2, -0.15) is 0 Å². The first-order valence-electron chi connectivity index (χ1n) is 10.5. The standard InChI is InChI=1S/3C3H8.5C2H6.2CH3NS.CH4/c3*1-3-2;5*1-2;2*1-2-3;/h3*3H2,1-2H3;5*1-2H3;2*1H3;1H4. The Balaban J connectivity index is -0.0000000107. The van der Waals surface area contributed by atoms with Crippen LogP contribution in [0.5, 0.6) is 0 Å². The van der Waals surface area contributed by atoms with Gasteiger partial charge in [-0.3, -0.25) is 0 Å². The normalized spacial score (nSPS) is 4.23. The zero-order chi connectivity index (χ0) is 23.5. The van der Waals surface area contributed by atoms with Crippen LogP contribution in [0.2, 0.25) is 0 Å². The molecule has 0 N–H and O–H groups in total. The fraction of sp³-hybridized carbons (Fsp3) is 1.00. The molecule has 26 heavy (non-hydrogen) atoms. The maximum absolute atomic E-state index is 4.02. The van der Waals surface area contributed by atoms with E-state index in [1.54, 1.807) is 14.1 Å². The lowest BCUT2D eigenvalue weighted by Crippen LogP contribution is -1.27. The number of rotatable bonds is 0. The van der Waals surface area contributed by atoms with Crippen molar-refractivity contribution in [2.75, 3.05) is 14.1 Å². The smallest absolute Gasteiger partial charge is 0.0409 e. The van der Waals surface area contributed by atoms with Crippen molar-refractivity contribution >= 4 is 24.9 Å². The van der Waals surface area contributed by atoms with Gasteiger partial charge < -0.3 is 0 Å². The predicted octanol–water partition coefficient (Wildman–Crippen LogP) is 10.7. The Bertz CT molecular complexity index is 62.4. The highest BCUT2D eigenvalue weighted by atomic mass is 32.1. The van der Waals surface area contributed by atoms with Gasteiger partial charge in [0.2, 0.25) is 0 Å². The highest BCUT2D eigenvalue weighted by Crippen LogP contribution is 1.57. The summed E-state index contributed by atoms with van der Waals surface area (Å²) in [6.45, 7) is 32.8. The van der Waals surface area contributed by atoms with Crippen LogP contribution in [0.3, 0.4) is 0 Å². The van der Waals surface area contributed by atoms with Gasteiger partial charge in [-0.25, -0.2) is 8.73 Å². The molecule has 0 saturated carbocycles. The average molecular weight is 421 g/mol. The van der Waals surface area contributed by atoms with E-state index in [1.807, 2.05) is 69.2 Å². The van der Waals surface area contributed by atoms with Crippen LogP contribution in [0.4, 0.5) is 0 Å². The topological polar surface area (TPSA) is 24.7 Å². The van der Waals surface area contributed by atoms with E-state index in [4.69, 9.17) is 0 Å². The molecule has 0 aliphatic rings. The molecule has 0 atom stereocenters. The average Bonchev–Trinajstić information content (AvgIpc) is 2.66. The molecule has 0 radical (unpaired) electrons. The molecule has 0 spiro atoms. The second-order valence-electron chi connectivity index (χ2n) is 2.49. The molecule has 0 aliphatic heterocycles. The van der Waals surface area contributed by atoms with E-state index in [0.717, 1.165) is 0 Å². The molecule has 0 fully saturated rings. The van der Waals surface area contributed by atoms with Gasteiger partial charge in [0.25, 0.3) is 0 Å². The number of hydrogen-bond acceptors (Lipinski definition) is 4. The first-order valence-corrected chi connectivity index (χ1v) is 11.2. The third-order valence-electron chi connectivity index (χ3n) is 0. The first kappa shape index (κ1) is 72.2. The summed E-state index contributed by atoms with van der Waals surface area (Å²) in [4.78, 5) is 0. The molecule has 4 heteroatoms. The minimum absolute atomic E-state index is 0. The molecule has 174 valence electrons. The Morgan fingerprint density at radius 1 is 0.423 bits per heavy atom. The van der Waals surface area contributed by atoms with Crippen molar-refractivity contribution in [3.8, 4) is 0 Å². The van der Waals surface area contributed by atoms with E-state index in [1.165, 1.54) is 19.3 Å². The summed E-state index contributed by atoms with van der Waals surface area (Å²) in [7, 11) is 3.13. The van der Waals surface area contributed by atoms with Gasteiger partial charge in [0.05, 0.1) is 0 Å². The monoisotopic (exact) mass is 420 g/mol. The minimum Gasteiger partial charge on any atom is -0.223 e. The molecule has 2 nitrogen and oxygen atoms in total. The molecule has 0 aliphatic carbocycles. The SMILES string of the molecule is C.CC.CC.CC.CC.CC.CCC.CCC.CCC.CN=S.CN=S. The maximum atomic E-state index is 4.02. The van der Waals surface area contributed by atoms with Crippen LogP contribution in [-0.4, -0.2) is 14.1 Å². The fourth-order valence-electron chi connectivity index (χ4n) is 0. The molecule has 0 heterocycles. The van der Waals surface area contributed by atoms with E-state index < -0.39 is 0 Å². The Kier molecular flexibility index (Phi) is 1580. The van der Waals surface area contributed by atoms with E-state index in [0.29, 0.717) is 0 Å². The van der Waals surface area contributed by atoms with E-state index in [-0.39, 0.29) is 7.43 Å². The summed E-state index contributed by atoms with van der Waals surface area (Å²) < 4.78 is 6.17. The summed E-state index contributed by atoms with van der Waals surface area (Å²) in [5, 5.41) is 0. The van der Waals surface area contributed by atoms with Crippen molar-refractivity contribution in [2.45, 2.75) is 137 Å². The van der Waals surface area contributed by atoms with Gasteiger partial charge in [0.1, 0.15) is 0 Å². The molecule has 0 aromatic carbocycles. The van der Waals surface area contributed by atoms with Crippen LogP contribution in [0.15, 0.2) is 8.73 Å². The van der Waals surface area contributed by atoms with Gasteiger partial charge in [-0.05, 0) is 0 Å². The molecule has 0 rings (SSSR count). The van der Waals surface area contributed by atoms with Crippen molar-refractivity contribution in [1.29, 1.82) is 0 Å². The molecule has 0 unspecified atom stereocenters. The van der Waals surface area contributed by atoms with Crippen molar-refractivity contribution in [3.05, 3.63) is 0 Å². The third-order valence-corrected chi connectivity index (χ3v) is 0. The summed E-state index contributed by atoms with van der Waals surface area (Å²) in [5.41, 5.74) is 0. The zero-order valence-electron chi connectivity index (χ0n) is 21.8. The molecular weight excluding hydrogens is 356 g/mol. The largest absolute Gasteiger partial charge is 0.223 e. The van der Waals surface area contributed by atoms with Crippen molar-refractivity contribution < 1.29 is 0 Å². The Morgan fingerprint density at radius 3 is 0.423 bits per heavy atom. The summed E-state index contributed by atoms with van der Waals surface area (Å²) in [6.07, 6.45) is 3.75. The zero-order valence-corrected chi connectivity index (χ0v) is 23.5. The number of hydrogen-bond donors (Lipinski definition) is 0. The van der Waals surface area contributed by atoms with Gasteiger partial charge in [0.15, 0.2) is 0 Å². The minimum atomic E-state index is 0. The van der Waals surface area contributed by atoms with Gasteiger partial charge in [-0.15, -0.1) is 0 Å². The van der Waals surface area contributed by atoms with Gasteiger partial charge >= 0.3 is 0 Å². The second-order valence-corrected chi connectivity index (χ2v) is 3.22. The summed E-state index contributed by atoms with van der Waals surface area (Å²) >= 11 is 8.04. The van der Waals surface area contributed by atoms with Gasteiger partial charge in [0, 0.05) is 38.9 Å². The summed E-state index contributed by atoms with van der Waals surface area (Å²) in [6, 6.07) is 0. The van der Waals surface area contributed by atoms with Crippen LogP contribution < -0.4 is 0 Å². The summed E-state index contributed by atoms with van der Waals surface area (Å²) in [5.74, 6) is 0. The highest BCUT2D eigenvalue weighted by molar-refractivity contribution is 7.47. The highest BCUT2D eigenvalue weighted by Gasteiger charge is 1.36. The van der Waals surface area contributed by atoms with Crippen molar-refractivity contribution in [2.24, 2.45) is 8.73 Å². The lowest BCUT2D eigenvalue weighted by Gasteiger charge is -1.48. The van der Waals surface area contributed by atoms with Crippen LogP contribution >= 0.6 is 0 Å². The van der Waals surface area contributed by atoms with Crippen LogP contribution in [0, 0.1) is 0 Å². The van der Waals surface area contributed by atoms with E-state index >= 15 is 0 Å². The molecular formula is C22H64N2S2. The lowest BCUT2D eigenvalue weighted by molar-refractivity contribution is 1.09. The Labute approximate surface area is 185 Å². The quantitative estimate of drug-likeness (QED) is 0.389. The third kappa shape index (κ3) is 7980000. The second kappa shape index (κ2) is 570. The Hall–Kier alpha value is 0.0400. The molecule has 0 bridgehead atoms. The van der Waals surface area contributed by atoms with E-state index in [9.17, 15) is 0 Å². The molecule has 0 amide bonds. The number of nitrogens with zero attached hydrogens (tertiary/aromatic N) is 2. The fourth-order valence-corrected chi connectivity index (χ4v) is 0. The van der Waals surface area contributed by atoms with Crippen molar-refractivity contribution in [3.63, 3.8) is 0 Å².